The van der Waals surface area contributed by atoms with Crippen molar-refractivity contribution in [2.75, 3.05) is 0 Å². The van der Waals surface area contributed by atoms with Crippen LogP contribution in [0.3, 0.4) is 0 Å². The van der Waals surface area contributed by atoms with Gasteiger partial charge in [-0.05, 0) is 25.7 Å². The Morgan fingerprint density at radius 2 is 2.09 bits per heavy atom. The molecule has 0 aromatic carbocycles. The van der Waals surface area contributed by atoms with Gasteiger partial charge in [0.1, 0.15) is 12.2 Å². The number of hydrogen-bond acceptors (Lipinski definition) is 5. The van der Waals surface area contributed by atoms with Crippen LogP contribution in [0.2, 0.25) is 0 Å². The standard InChI is InChI=1S/C17H22O5/c1-8-5-6-11-13(8)15-14(9(2)16(19)22-15)12(21-10(3)18)7-17(11,4)20/h11-15,20H,1-2,5-7H2,3-4H3. The highest BCUT2D eigenvalue weighted by molar-refractivity contribution is 5.91. The third-order valence-corrected chi connectivity index (χ3v) is 5.43. The molecule has 3 aliphatic rings. The summed E-state index contributed by atoms with van der Waals surface area (Å²) in [5, 5.41) is 10.9. The summed E-state index contributed by atoms with van der Waals surface area (Å²) in [6, 6.07) is 0. The van der Waals surface area contributed by atoms with E-state index in [1.807, 2.05) is 0 Å². The van der Waals surface area contributed by atoms with E-state index in [9.17, 15) is 14.7 Å². The summed E-state index contributed by atoms with van der Waals surface area (Å²) >= 11 is 0. The summed E-state index contributed by atoms with van der Waals surface area (Å²) in [6.07, 6.45) is 0.846. The number of fused-ring (bicyclic) bond motifs is 3. The Labute approximate surface area is 130 Å². The molecular weight excluding hydrogens is 284 g/mol. The molecule has 5 heteroatoms. The van der Waals surface area contributed by atoms with Crippen molar-refractivity contribution >= 4 is 11.9 Å². The first-order valence-corrected chi connectivity index (χ1v) is 7.69. The van der Waals surface area contributed by atoms with Gasteiger partial charge in [0, 0.05) is 24.8 Å². The van der Waals surface area contributed by atoms with Crippen LogP contribution in [0.5, 0.6) is 0 Å². The molecule has 0 aromatic heterocycles. The van der Waals surface area contributed by atoms with E-state index >= 15 is 0 Å². The van der Waals surface area contributed by atoms with Crippen LogP contribution in [0, 0.1) is 17.8 Å². The van der Waals surface area contributed by atoms with Gasteiger partial charge in [-0.25, -0.2) is 4.79 Å². The number of rotatable bonds is 1. The maximum absolute atomic E-state index is 12.0. The Kier molecular flexibility index (Phi) is 3.44. The molecule has 0 amide bonds. The van der Waals surface area contributed by atoms with E-state index in [1.165, 1.54) is 6.92 Å². The van der Waals surface area contributed by atoms with Crippen molar-refractivity contribution < 1.29 is 24.2 Å². The fraction of sp³-hybridized carbons (Fsp3) is 0.647. The van der Waals surface area contributed by atoms with Gasteiger partial charge in [-0.2, -0.15) is 0 Å². The van der Waals surface area contributed by atoms with Crippen LogP contribution in [0.15, 0.2) is 24.3 Å². The third-order valence-electron chi connectivity index (χ3n) is 5.43. The maximum Gasteiger partial charge on any atom is 0.334 e. The van der Waals surface area contributed by atoms with Crippen LogP contribution in [0.25, 0.3) is 0 Å². The molecule has 6 unspecified atom stereocenters. The Hall–Kier alpha value is -1.62. The lowest BCUT2D eigenvalue weighted by atomic mass is 9.78. The van der Waals surface area contributed by atoms with Crippen molar-refractivity contribution in [3.63, 3.8) is 0 Å². The first-order valence-electron chi connectivity index (χ1n) is 7.69. The zero-order valence-electron chi connectivity index (χ0n) is 13.0. The van der Waals surface area contributed by atoms with Gasteiger partial charge in [0.2, 0.25) is 0 Å². The van der Waals surface area contributed by atoms with E-state index in [1.54, 1.807) is 6.92 Å². The maximum atomic E-state index is 12.0. The minimum atomic E-state index is -0.999. The summed E-state index contributed by atoms with van der Waals surface area (Å²) in [6.45, 7) is 11.0. The molecule has 0 bridgehead atoms. The number of aliphatic hydroxyl groups is 1. The average molecular weight is 306 g/mol. The molecule has 6 atom stereocenters. The van der Waals surface area contributed by atoms with E-state index in [4.69, 9.17) is 9.47 Å². The van der Waals surface area contributed by atoms with Crippen LogP contribution in [0.4, 0.5) is 0 Å². The van der Waals surface area contributed by atoms with Gasteiger partial charge in [0.05, 0.1) is 11.5 Å². The van der Waals surface area contributed by atoms with Crippen molar-refractivity contribution in [2.24, 2.45) is 17.8 Å². The Balaban J connectivity index is 2.05. The van der Waals surface area contributed by atoms with Crippen molar-refractivity contribution in [2.45, 2.75) is 50.9 Å². The van der Waals surface area contributed by atoms with E-state index < -0.39 is 35.7 Å². The molecule has 3 fully saturated rings. The van der Waals surface area contributed by atoms with Gasteiger partial charge in [0.15, 0.2) is 0 Å². The molecule has 0 spiro atoms. The normalized spacial score (nSPS) is 44.1. The van der Waals surface area contributed by atoms with Crippen molar-refractivity contribution in [1.29, 1.82) is 0 Å². The Morgan fingerprint density at radius 1 is 1.41 bits per heavy atom. The number of carbonyl (C=O) groups excluding carboxylic acids is 2. The highest BCUT2D eigenvalue weighted by atomic mass is 16.6. The first kappa shape index (κ1) is 15.3. The Morgan fingerprint density at radius 3 is 2.73 bits per heavy atom. The lowest BCUT2D eigenvalue weighted by molar-refractivity contribution is -0.152. The number of carbonyl (C=O) groups is 2. The molecule has 1 saturated heterocycles. The molecule has 0 aromatic rings. The first-order chi connectivity index (χ1) is 10.2. The number of ether oxygens (including phenoxy) is 2. The van der Waals surface area contributed by atoms with Crippen molar-refractivity contribution in [3.05, 3.63) is 24.3 Å². The zero-order valence-corrected chi connectivity index (χ0v) is 13.0. The number of esters is 2. The predicted molar refractivity (Wildman–Crippen MR) is 78.7 cm³/mol. The monoisotopic (exact) mass is 306 g/mol. The quantitative estimate of drug-likeness (QED) is 0.454. The topological polar surface area (TPSA) is 72.8 Å². The van der Waals surface area contributed by atoms with Crippen LogP contribution in [0.1, 0.15) is 33.1 Å². The van der Waals surface area contributed by atoms with Gasteiger partial charge in [-0.3, -0.25) is 4.79 Å². The highest BCUT2D eigenvalue weighted by Crippen LogP contribution is 2.54. The second-order valence-corrected chi connectivity index (χ2v) is 6.96. The second kappa shape index (κ2) is 4.95. The molecule has 3 rings (SSSR count). The minimum absolute atomic E-state index is 0.0493. The van der Waals surface area contributed by atoms with Gasteiger partial charge in [-0.1, -0.05) is 18.7 Å². The summed E-state index contributed by atoms with van der Waals surface area (Å²) in [4.78, 5) is 23.4. The smallest absolute Gasteiger partial charge is 0.334 e. The van der Waals surface area contributed by atoms with Gasteiger partial charge in [-0.15, -0.1) is 0 Å². The van der Waals surface area contributed by atoms with E-state index in [-0.39, 0.29) is 18.3 Å². The van der Waals surface area contributed by atoms with Gasteiger partial charge < -0.3 is 14.6 Å². The van der Waals surface area contributed by atoms with Gasteiger partial charge in [0.25, 0.3) is 0 Å². The van der Waals surface area contributed by atoms with E-state index in [0.29, 0.717) is 5.57 Å². The molecule has 120 valence electrons. The summed E-state index contributed by atoms with van der Waals surface area (Å²) in [7, 11) is 0. The molecule has 1 aliphatic heterocycles. The van der Waals surface area contributed by atoms with E-state index in [0.717, 1.165) is 18.4 Å². The molecule has 5 nitrogen and oxygen atoms in total. The second-order valence-electron chi connectivity index (χ2n) is 6.96. The fourth-order valence-corrected chi connectivity index (χ4v) is 4.48. The third kappa shape index (κ3) is 2.19. The molecular formula is C17H22O5. The van der Waals surface area contributed by atoms with Crippen LogP contribution in [-0.4, -0.2) is 34.9 Å². The van der Waals surface area contributed by atoms with Crippen molar-refractivity contribution in [1.82, 2.24) is 0 Å². The minimum Gasteiger partial charge on any atom is -0.462 e. The van der Waals surface area contributed by atoms with Crippen LogP contribution < -0.4 is 0 Å². The Bertz CT molecular complexity index is 561. The fourth-order valence-electron chi connectivity index (χ4n) is 4.48. The van der Waals surface area contributed by atoms with Crippen molar-refractivity contribution in [3.8, 4) is 0 Å². The SMILES string of the molecule is C=C1C(=O)OC2C1C(OC(C)=O)CC(C)(O)C1CCC(=C)C21. The molecule has 22 heavy (non-hydrogen) atoms. The summed E-state index contributed by atoms with van der Waals surface area (Å²) < 4.78 is 11.0. The molecule has 2 aliphatic carbocycles. The highest BCUT2D eigenvalue weighted by Gasteiger charge is 2.59. The van der Waals surface area contributed by atoms with Gasteiger partial charge >= 0.3 is 11.9 Å². The summed E-state index contributed by atoms with van der Waals surface area (Å²) in [5.74, 6) is -1.44. The largest absolute Gasteiger partial charge is 0.462 e. The molecule has 0 radical (unpaired) electrons. The lowest BCUT2D eigenvalue weighted by Crippen LogP contribution is -2.40. The van der Waals surface area contributed by atoms with Crippen LogP contribution in [-0.2, 0) is 19.1 Å². The number of hydrogen-bond donors (Lipinski definition) is 1. The summed E-state index contributed by atoms with van der Waals surface area (Å²) in [5.41, 5.74) is 0.319. The van der Waals surface area contributed by atoms with Crippen LogP contribution >= 0.6 is 0 Å². The molecule has 1 heterocycles. The van der Waals surface area contributed by atoms with E-state index in [2.05, 4.69) is 13.2 Å². The average Bonchev–Trinajstić information content (AvgIpc) is 2.87. The zero-order chi connectivity index (χ0) is 16.2. The lowest BCUT2D eigenvalue weighted by Gasteiger charge is -2.34. The predicted octanol–water partition coefficient (Wildman–Crippen LogP) is 1.75. The molecule has 2 saturated carbocycles. The molecule has 1 N–H and O–H groups in total.